The number of rotatable bonds is 4. The lowest BCUT2D eigenvalue weighted by Crippen LogP contribution is -2.32. The summed E-state index contributed by atoms with van der Waals surface area (Å²) in [6.45, 7) is 3.24. The van der Waals surface area contributed by atoms with Gasteiger partial charge in [-0.05, 0) is 37.7 Å². The molecule has 2 heteroatoms. The Morgan fingerprint density at radius 2 is 1.95 bits per heavy atom. The summed E-state index contributed by atoms with van der Waals surface area (Å²) in [4.78, 5) is 0. The molecule has 2 nitrogen and oxygen atoms in total. The highest BCUT2D eigenvalue weighted by Crippen LogP contribution is 2.27. The zero-order valence-electron chi connectivity index (χ0n) is 11.7. The maximum Gasteiger partial charge on any atom is 0.134 e. The van der Waals surface area contributed by atoms with Crippen LogP contribution < -0.4 is 5.32 Å². The molecule has 19 heavy (non-hydrogen) atoms. The van der Waals surface area contributed by atoms with E-state index in [2.05, 4.69) is 24.4 Å². The molecule has 1 aromatic carbocycles. The van der Waals surface area contributed by atoms with Crippen LogP contribution >= 0.6 is 0 Å². The van der Waals surface area contributed by atoms with Gasteiger partial charge in [-0.25, -0.2) is 0 Å². The average molecular weight is 257 g/mol. The van der Waals surface area contributed by atoms with Crippen molar-refractivity contribution in [3.05, 3.63) is 36.1 Å². The van der Waals surface area contributed by atoms with Gasteiger partial charge in [0.2, 0.25) is 0 Å². The second kappa shape index (κ2) is 5.79. The van der Waals surface area contributed by atoms with Gasteiger partial charge in [0.05, 0.1) is 6.26 Å². The second-order valence-corrected chi connectivity index (χ2v) is 5.76. The van der Waals surface area contributed by atoms with Gasteiger partial charge in [0.25, 0.3) is 0 Å². The van der Waals surface area contributed by atoms with E-state index in [-0.39, 0.29) is 0 Å². The minimum atomic E-state index is 0.691. The van der Waals surface area contributed by atoms with E-state index in [1.165, 1.54) is 43.1 Å². The van der Waals surface area contributed by atoms with Crippen LogP contribution in [0.3, 0.4) is 0 Å². The molecule has 3 rings (SSSR count). The third kappa shape index (κ3) is 2.84. The van der Waals surface area contributed by atoms with Crippen LogP contribution in [0.5, 0.6) is 0 Å². The Morgan fingerprint density at radius 1 is 1.16 bits per heavy atom. The summed E-state index contributed by atoms with van der Waals surface area (Å²) in [5, 5.41) is 4.95. The summed E-state index contributed by atoms with van der Waals surface area (Å²) in [6, 6.07) is 8.97. The molecule has 1 heterocycles. The van der Waals surface area contributed by atoms with Crippen LogP contribution in [0.1, 0.15) is 44.6 Å². The van der Waals surface area contributed by atoms with Crippen molar-refractivity contribution in [1.29, 1.82) is 0 Å². The predicted molar refractivity (Wildman–Crippen MR) is 79.1 cm³/mol. The molecule has 1 aromatic heterocycles. The van der Waals surface area contributed by atoms with E-state index in [0.717, 1.165) is 18.0 Å². The van der Waals surface area contributed by atoms with Crippen molar-refractivity contribution in [3.8, 4) is 0 Å². The Bertz CT molecular complexity index is 523. The lowest BCUT2D eigenvalue weighted by molar-refractivity contribution is 0.285. The van der Waals surface area contributed by atoms with E-state index >= 15 is 0 Å². The van der Waals surface area contributed by atoms with Gasteiger partial charge in [0.15, 0.2) is 0 Å². The Hall–Kier alpha value is -1.28. The summed E-state index contributed by atoms with van der Waals surface area (Å²) in [5.74, 6) is 0.966. The first-order chi connectivity index (χ1) is 9.36. The average Bonchev–Trinajstić information content (AvgIpc) is 2.89. The SMILES string of the molecule is CCC1CCC(NCc2coc3ccccc23)CC1. The first kappa shape index (κ1) is 12.7. The Labute approximate surface area is 115 Å². The van der Waals surface area contributed by atoms with Crippen molar-refractivity contribution in [3.63, 3.8) is 0 Å². The van der Waals surface area contributed by atoms with Crippen molar-refractivity contribution in [1.82, 2.24) is 5.32 Å². The third-order valence-electron chi connectivity index (χ3n) is 4.57. The molecule has 0 spiro atoms. The summed E-state index contributed by atoms with van der Waals surface area (Å²) in [7, 11) is 0. The van der Waals surface area contributed by atoms with E-state index in [9.17, 15) is 0 Å². The minimum absolute atomic E-state index is 0.691. The molecule has 0 unspecified atom stereocenters. The maximum atomic E-state index is 5.58. The van der Waals surface area contributed by atoms with E-state index in [1.54, 1.807) is 0 Å². The van der Waals surface area contributed by atoms with Crippen LogP contribution in [0.15, 0.2) is 34.9 Å². The second-order valence-electron chi connectivity index (χ2n) is 5.76. The van der Waals surface area contributed by atoms with Gasteiger partial charge in [0, 0.05) is 23.5 Å². The van der Waals surface area contributed by atoms with E-state index in [1.807, 2.05) is 18.4 Å². The molecule has 2 aromatic rings. The van der Waals surface area contributed by atoms with Crippen LogP contribution in [0, 0.1) is 5.92 Å². The smallest absolute Gasteiger partial charge is 0.134 e. The zero-order chi connectivity index (χ0) is 13.1. The molecule has 1 aliphatic rings. The molecular formula is C17H23NO. The summed E-state index contributed by atoms with van der Waals surface area (Å²) >= 11 is 0. The van der Waals surface area contributed by atoms with Crippen LogP contribution in [-0.2, 0) is 6.54 Å². The fourth-order valence-electron chi connectivity index (χ4n) is 3.20. The molecular weight excluding hydrogens is 234 g/mol. The highest BCUT2D eigenvalue weighted by atomic mass is 16.3. The minimum Gasteiger partial charge on any atom is -0.464 e. The molecule has 1 N–H and O–H groups in total. The quantitative estimate of drug-likeness (QED) is 0.873. The topological polar surface area (TPSA) is 25.2 Å². The van der Waals surface area contributed by atoms with Gasteiger partial charge in [-0.15, -0.1) is 0 Å². The molecule has 0 saturated heterocycles. The molecule has 1 saturated carbocycles. The molecule has 0 atom stereocenters. The van der Waals surface area contributed by atoms with Gasteiger partial charge in [-0.2, -0.15) is 0 Å². The number of nitrogens with one attached hydrogen (secondary N) is 1. The molecule has 0 aliphatic heterocycles. The van der Waals surface area contributed by atoms with Crippen LogP contribution in [0.4, 0.5) is 0 Å². The van der Waals surface area contributed by atoms with Crippen molar-refractivity contribution < 1.29 is 4.42 Å². The zero-order valence-corrected chi connectivity index (χ0v) is 11.7. The van der Waals surface area contributed by atoms with Gasteiger partial charge in [-0.3, -0.25) is 0 Å². The predicted octanol–water partition coefficient (Wildman–Crippen LogP) is 4.49. The van der Waals surface area contributed by atoms with Crippen LogP contribution in [0.25, 0.3) is 11.0 Å². The highest BCUT2D eigenvalue weighted by Gasteiger charge is 2.19. The summed E-state index contributed by atoms with van der Waals surface area (Å²) in [5.41, 5.74) is 2.28. The van der Waals surface area contributed by atoms with Crippen molar-refractivity contribution in [2.24, 2.45) is 5.92 Å². The number of hydrogen-bond acceptors (Lipinski definition) is 2. The van der Waals surface area contributed by atoms with Gasteiger partial charge < -0.3 is 9.73 Å². The lowest BCUT2D eigenvalue weighted by Gasteiger charge is -2.28. The van der Waals surface area contributed by atoms with Crippen LogP contribution in [0.2, 0.25) is 0 Å². The molecule has 0 bridgehead atoms. The van der Waals surface area contributed by atoms with Crippen molar-refractivity contribution in [2.75, 3.05) is 0 Å². The fraction of sp³-hybridized carbons (Fsp3) is 0.529. The summed E-state index contributed by atoms with van der Waals surface area (Å²) < 4.78 is 5.58. The van der Waals surface area contributed by atoms with Crippen molar-refractivity contribution >= 4 is 11.0 Å². The normalized spacial score (nSPS) is 23.8. The lowest BCUT2D eigenvalue weighted by atomic mass is 9.84. The number of benzene rings is 1. The largest absolute Gasteiger partial charge is 0.464 e. The van der Waals surface area contributed by atoms with E-state index < -0.39 is 0 Å². The molecule has 1 aliphatic carbocycles. The van der Waals surface area contributed by atoms with Crippen LogP contribution in [-0.4, -0.2) is 6.04 Å². The maximum absolute atomic E-state index is 5.58. The fourth-order valence-corrected chi connectivity index (χ4v) is 3.20. The van der Waals surface area contributed by atoms with Gasteiger partial charge in [0.1, 0.15) is 5.58 Å². The van der Waals surface area contributed by atoms with Gasteiger partial charge in [-0.1, -0.05) is 31.5 Å². The molecule has 102 valence electrons. The Morgan fingerprint density at radius 3 is 2.74 bits per heavy atom. The first-order valence-electron chi connectivity index (χ1n) is 7.55. The third-order valence-corrected chi connectivity index (χ3v) is 4.57. The molecule has 1 fully saturated rings. The van der Waals surface area contributed by atoms with Crippen molar-refractivity contribution in [2.45, 2.75) is 51.6 Å². The summed E-state index contributed by atoms with van der Waals surface area (Å²) in [6.07, 6.45) is 8.68. The standard InChI is InChI=1S/C17H23NO/c1-2-13-7-9-15(10-8-13)18-11-14-12-19-17-6-4-3-5-16(14)17/h3-6,12-13,15,18H,2,7-11H2,1H3. The monoisotopic (exact) mass is 257 g/mol. The Balaban J connectivity index is 1.58. The molecule has 0 amide bonds. The number of furan rings is 1. The Kier molecular flexibility index (Phi) is 3.88. The number of hydrogen-bond donors (Lipinski definition) is 1. The number of fused-ring (bicyclic) bond motifs is 1. The van der Waals surface area contributed by atoms with E-state index in [4.69, 9.17) is 4.42 Å². The van der Waals surface area contributed by atoms with Gasteiger partial charge >= 0.3 is 0 Å². The first-order valence-corrected chi connectivity index (χ1v) is 7.55. The highest BCUT2D eigenvalue weighted by molar-refractivity contribution is 5.80. The van der Waals surface area contributed by atoms with E-state index in [0.29, 0.717) is 6.04 Å². The number of para-hydroxylation sites is 1. The molecule has 0 radical (unpaired) electrons.